The summed E-state index contributed by atoms with van der Waals surface area (Å²) in [5.41, 5.74) is 2.11. The zero-order chi connectivity index (χ0) is 20.6. The van der Waals surface area contributed by atoms with E-state index in [1.54, 1.807) is 7.11 Å². The standard InChI is InChI=1S/C23H29N3O3/c1-17(27)25-22(19-8-10-21(29-2)11-9-19)14-23(28)24-15-18-12-13-26(16-18)20-6-4-3-5-7-20/h3-11,18,22H,12-16H2,1-2H3,(H,24,28)(H,25,27)/t18-,22-/m0/s1. The minimum absolute atomic E-state index is 0.0577. The van der Waals surface area contributed by atoms with Gasteiger partial charge in [0.05, 0.1) is 19.6 Å². The highest BCUT2D eigenvalue weighted by Gasteiger charge is 2.24. The van der Waals surface area contributed by atoms with E-state index in [4.69, 9.17) is 4.74 Å². The van der Waals surface area contributed by atoms with Crippen molar-refractivity contribution in [3.8, 4) is 5.75 Å². The Bertz CT molecular complexity index is 808. The van der Waals surface area contributed by atoms with Crippen LogP contribution in [0.25, 0.3) is 0 Å². The number of amides is 2. The molecule has 29 heavy (non-hydrogen) atoms. The van der Waals surface area contributed by atoms with Gasteiger partial charge in [-0.3, -0.25) is 9.59 Å². The molecule has 1 saturated heterocycles. The first-order valence-corrected chi connectivity index (χ1v) is 10.0. The molecule has 6 nitrogen and oxygen atoms in total. The fourth-order valence-corrected chi connectivity index (χ4v) is 3.72. The van der Waals surface area contributed by atoms with Crippen LogP contribution < -0.4 is 20.3 Å². The molecule has 2 aromatic rings. The highest BCUT2D eigenvalue weighted by atomic mass is 16.5. The molecule has 2 amide bonds. The van der Waals surface area contributed by atoms with Gasteiger partial charge in [0.1, 0.15) is 5.75 Å². The summed E-state index contributed by atoms with van der Waals surface area (Å²) in [6.07, 6.45) is 1.27. The van der Waals surface area contributed by atoms with Crippen LogP contribution in [0, 0.1) is 5.92 Å². The van der Waals surface area contributed by atoms with Gasteiger partial charge in [0.2, 0.25) is 11.8 Å². The average Bonchev–Trinajstić information content (AvgIpc) is 3.21. The number of benzene rings is 2. The quantitative estimate of drug-likeness (QED) is 0.721. The first kappa shape index (κ1) is 20.7. The number of rotatable bonds is 8. The highest BCUT2D eigenvalue weighted by Crippen LogP contribution is 2.23. The molecule has 1 aliphatic heterocycles. The van der Waals surface area contributed by atoms with Crippen molar-refractivity contribution in [3.63, 3.8) is 0 Å². The van der Waals surface area contributed by atoms with Crippen LogP contribution in [0.2, 0.25) is 0 Å². The van der Waals surface area contributed by atoms with Gasteiger partial charge >= 0.3 is 0 Å². The van der Waals surface area contributed by atoms with E-state index in [0.29, 0.717) is 12.5 Å². The van der Waals surface area contributed by atoms with Crippen molar-refractivity contribution in [2.45, 2.75) is 25.8 Å². The van der Waals surface area contributed by atoms with E-state index in [1.165, 1.54) is 12.6 Å². The van der Waals surface area contributed by atoms with Crippen molar-refractivity contribution in [2.24, 2.45) is 5.92 Å². The van der Waals surface area contributed by atoms with Gasteiger partial charge < -0.3 is 20.3 Å². The molecule has 0 saturated carbocycles. The summed E-state index contributed by atoms with van der Waals surface area (Å²) in [6.45, 7) is 4.06. The van der Waals surface area contributed by atoms with Crippen LogP contribution in [-0.2, 0) is 9.59 Å². The van der Waals surface area contributed by atoms with Crippen LogP contribution in [0.4, 0.5) is 5.69 Å². The maximum absolute atomic E-state index is 12.5. The lowest BCUT2D eigenvalue weighted by Crippen LogP contribution is -2.35. The lowest BCUT2D eigenvalue weighted by Gasteiger charge is -2.20. The van der Waals surface area contributed by atoms with E-state index < -0.39 is 0 Å². The van der Waals surface area contributed by atoms with Crippen LogP contribution in [-0.4, -0.2) is 38.6 Å². The van der Waals surface area contributed by atoms with Crippen LogP contribution in [0.5, 0.6) is 5.75 Å². The number of hydrogen-bond acceptors (Lipinski definition) is 4. The molecule has 1 fully saturated rings. The van der Waals surface area contributed by atoms with E-state index in [2.05, 4.69) is 27.7 Å². The van der Waals surface area contributed by atoms with Crippen molar-refractivity contribution in [2.75, 3.05) is 31.6 Å². The Labute approximate surface area is 172 Å². The number of hydrogen-bond donors (Lipinski definition) is 2. The molecule has 6 heteroatoms. The molecular formula is C23H29N3O3. The summed E-state index contributed by atoms with van der Waals surface area (Å²) < 4.78 is 5.18. The van der Waals surface area contributed by atoms with Gasteiger partial charge in [-0.2, -0.15) is 0 Å². The minimum Gasteiger partial charge on any atom is -0.497 e. The summed E-state index contributed by atoms with van der Waals surface area (Å²) >= 11 is 0. The molecule has 0 aromatic heterocycles. The third-order valence-electron chi connectivity index (χ3n) is 5.28. The van der Waals surface area contributed by atoms with E-state index in [1.807, 2.05) is 42.5 Å². The predicted octanol–water partition coefficient (Wildman–Crippen LogP) is 2.91. The topological polar surface area (TPSA) is 70.7 Å². The Hall–Kier alpha value is -3.02. The molecule has 154 valence electrons. The monoisotopic (exact) mass is 395 g/mol. The normalized spacial score (nSPS) is 16.9. The smallest absolute Gasteiger partial charge is 0.222 e. The minimum atomic E-state index is -0.359. The largest absolute Gasteiger partial charge is 0.497 e. The first-order chi connectivity index (χ1) is 14.0. The average molecular weight is 396 g/mol. The summed E-state index contributed by atoms with van der Waals surface area (Å²) in [5.74, 6) is 0.953. The summed E-state index contributed by atoms with van der Waals surface area (Å²) in [6, 6.07) is 17.4. The molecule has 2 atom stereocenters. The lowest BCUT2D eigenvalue weighted by molar-refractivity contribution is -0.122. The second-order valence-corrected chi connectivity index (χ2v) is 7.47. The Kier molecular flexibility index (Phi) is 7.11. The Morgan fingerprint density at radius 3 is 2.52 bits per heavy atom. The Morgan fingerprint density at radius 1 is 1.14 bits per heavy atom. The molecule has 0 bridgehead atoms. The van der Waals surface area contributed by atoms with E-state index in [-0.39, 0.29) is 24.3 Å². The molecular weight excluding hydrogens is 366 g/mol. The number of nitrogens with zero attached hydrogens (tertiary/aromatic N) is 1. The van der Waals surface area contributed by atoms with Crippen molar-refractivity contribution in [1.82, 2.24) is 10.6 Å². The maximum atomic E-state index is 12.5. The Morgan fingerprint density at radius 2 is 1.86 bits per heavy atom. The molecule has 2 N–H and O–H groups in total. The highest BCUT2D eigenvalue weighted by molar-refractivity contribution is 5.79. The van der Waals surface area contributed by atoms with Gasteiger partial charge in [0, 0.05) is 32.2 Å². The lowest BCUT2D eigenvalue weighted by atomic mass is 10.0. The number of methoxy groups -OCH3 is 1. The Balaban J connectivity index is 1.51. The molecule has 0 radical (unpaired) electrons. The third-order valence-corrected chi connectivity index (χ3v) is 5.28. The van der Waals surface area contributed by atoms with Crippen LogP contribution >= 0.6 is 0 Å². The summed E-state index contributed by atoms with van der Waals surface area (Å²) in [5, 5.41) is 5.92. The van der Waals surface area contributed by atoms with Gasteiger partial charge in [0.15, 0.2) is 0 Å². The van der Waals surface area contributed by atoms with Crippen molar-refractivity contribution < 1.29 is 14.3 Å². The van der Waals surface area contributed by atoms with Crippen molar-refractivity contribution in [3.05, 3.63) is 60.2 Å². The number of carbonyl (C=O) groups excluding carboxylic acids is 2. The zero-order valence-corrected chi connectivity index (χ0v) is 17.1. The van der Waals surface area contributed by atoms with Gasteiger partial charge in [-0.1, -0.05) is 30.3 Å². The van der Waals surface area contributed by atoms with E-state index >= 15 is 0 Å². The van der Waals surface area contributed by atoms with Crippen LogP contribution in [0.1, 0.15) is 31.4 Å². The number of nitrogens with one attached hydrogen (secondary N) is 2. The fourth-order valence-electron chi connectivity index (χ4n) is 3.72. The molecule has 1 heterocycles. The second-order valence-electron chi connectivity index (χ2n) is 7.47. The second kappa shape index (κ2) is 9.96. The number of carbonyl (C=O) groups is 2. The predicted molar refractivity (Wildman–Crippen MR) is 114 cm³/mol. The van der Waals surface area contributed by atoms with Gasteiger partial charge in [-0.15, -0.1) is 0 Å². The SMILES string of the molecule is COc1ccc([C@H](CC(=O)NC[C@@H]2CCN(c3ccccc3)C2)NC(C)=O)cc1. The van der Waals surface area contributed by atoms with Crippen molar-refractivity contribution in [1.29, 1.82) is 0 Å². The molecule has 0 aliphatic carbocycles. The third kappa shape index (κ3) is 5.98. The van der Waals surface area contributed by atoms with Crippen LogP contribution in [0.15, 0.2) is 54.6 Å². The number of anilines is 1. The van der Waals surface area contributed by atoms with Crippen LogP contribution in [0.3, 0.4) is 0 Å². The zero-order valence-electron chi connectivity index (χ0n) is 17.1. The first-order valence-electron chi connectivity index (χ1n) is 10.0. The van der Waals surface area contributed by atoms with Gasteiger partial charge in [-0.25, -0.2) is 0 Å². The molecule has 2 aromatic carbocycles. The summed E-state index contributed by atoms with van der Waals surface area (Å²) in [7, 11) is 1.61. The molecule has 0 spiro atoms. The van der Waals surface area contributed by atoms with E-state index in [0.717, 1.165) is 30.8 Å². The van der Waals surface area contributed by atoms with Gasteiger partial charge in [-0.05, 0) is 42.2 Å². The maximum Gasteiger partial charge on any atom is 0.222 e. The molecule has 1 aliphatic rings. The molecule has 3 rings (SSSR count). The number of para-hydroxylation sites is 1. The van der Waals surface area contributed by atoms with Crippen molar-refractivity contribution >= 4 is 17.5 Å². The number of ether oxygens (including phenoxy) is 1. The molecule has 0 unspecified atom stereocenters. The fraction of sp³-hybridized carbons (Fsp3) is 0.391. The summed E-state index contributed by atoms with van der Waals surface area (Å²) in [4.78, 5) is 26.5. The van der Waals surface area contributed by atoms with E-state index in [9.17, 15) is 9.59 Å². The van der Waals surface area contributed by atoms with Gasteiger partial charge in [0.25, 0.3) is 0 Å².